The van der Waals surface area contributed by atoms with Crippen LogP contribution in [0.15, 0.2) is 24.3 Å². The van der Waals surface area contributed by atoms with E-state index < -0.39 is 0 Å². The predicted molar refractivity (Wildman–Crippen MR) is 92.7 cm³/mol. The molecule has 0 unspecified atom stereocenters. The minimum absolute atomic E-state index is 0.0203. The monoisotopic (exact) mass is 342 g/mol. The van der Waals surface area contributed by atoms with E-state index >= 15 is 0 Å². The van der Waals surface area contributed by atoms with Gasteiger partial charge in [0, 0.05) is 26.2 Å². The van der Waals surface area contributed by atoms with Crippen LogP contribution in [0.4, 0.5) is 0 Å². The van der Waals surface area contributed by atoms with Gasteiger partial charge < -0.3 is 14.5 Å². The molecule has 132 valence electrons. The number of aromatic nitrogens is 2. The zero-order valence-corrected chi connectivity index (χ0v) is 14.9. The third-order valence-electron chi connectivity index (χ3n) is 4.37. The van der Waals surface area contributed by atoms with Crippen molar-refractivity contribution in [3.8, 4) is 5.75 Å². The zero-order valence-electron chi connectivity index (χ0n) is 14.9. The normalized spacial score (nSPS) is 13.4. The highest BCUT2D eigenvalue weighted by atomic mass is 16.5. The van der Waals surface area contributed by atoms with Gasteiger partial charge in [-0.1, -0.05) is 0 Å². The van der Waals surface area contributed by atoms with Crippen molar-refractivity contribution in [2.24, 2.45) is 0 Å². The Morgan fingerprint density at radius 1 is 1.20 bits per heavy atom. The van der Waals surface area contributed by atoms with Crippen LogP contribution in [-0.4, -0.2) is 59.1 Å². The Morgan fingerprint density at radius 2 is 1.96 bits per heavy atom. The third-order valence-corrected chi connectivity index (χ3v) is 4.37. The Balaban J connectivity index is 1.80. The van der Waals surface area contributed by atoms with Gasteiger partial charge in [0.15, 0.2) is 5.69 Å². The van der Waals surface area contributed by atoms with Crippen LogP contribution >= 0.6 is 0 Å². The average Bonchev–Trinajstić information content (AvgIpc) is 3.03. The number of benzene rings is 1. The Hall–Kier alpha value is -2.83. The molecule has 0 N–H and O–H groups in total. The fourth-order valence-electron chi connectivity index (χ4n) is 2.95. The van der Waals surface area contributed by atoms with Gasteiger partial charge in [-0.2, -0.15) is 5.10 Å². The van der Waals surface area contributed by atoms with Crippen LogP contribution in [0.2, 0.25) is 0 Å². The first-order valence-corrected chi connectivity index (χ1v) is 8.13. The average molecular weight is 342 g/mol. The number of rotatable bonds is 3. The molecular formula is C18H22N4O3. The first kappa shape index (κ1) is 17.0. The van der Waals surface area contributed by atoms with E-state index in [0.29, 0.717) is 30.9 Å². The van der Waals surface area contributed by atoms with Crippen LogP contribution in [0.3, 0.4) is 0 Å². The fourth-order valence-corrected chi connectivity index (χ4v) is 2.95. The highest BCUT2D eigenvalue weighted by molar-refractivity contribution is 5.96. The van der Waals surface area contributed by atoms with Crippen molar-refractivity contribution in [3.63, 3.8) is 0 Å². The van der Waals surface area contributed by atoms with E-state index in [9.17, 15) is 9.59 Å². The molecule has 7 heteroatoms. The summed E-state index contributed by atoms with van der Waals surface area (Å²) in [5.74, 6) is 0.580. The molecule has 0 spiro atoms. The Kier molecular flexibility index (Phi) is 4.48. The molecule has 2 aromatic rings. The molecule has 0 atom stereocenters. The number of hydrogen-bond donors (Lipinski definition) is 0. The lowest BCUT2D eigenvalue weighted by atomic mass is 10.1. The van der Waals surface area contributed by atoms with E-state index in [4.69, 9.17) is 4.74 Å². The van der Waals surface area contributed by atoms with Gasteiger partial charge >= 0.3 is 0 Å². The van der Waals surface area contributed by atoms with Crippen LogP contribution in [0.25, 0.3) is 0 Å². The van der Waals surface area contributed by atoms with Crippen molar-refractivity contribution in [2.75, 3.05) is 27.7 Å². The smallest absolute Gasteiger partial charge is 0.273 e. The lowest BCUT2D eigenvalue weighted by Gasteiger charge is -2.28. The van der Waals surface area contributed by atoms with Crippen LogP contribution in [0, 0.1) is 6.92 Å². The van der Waals surface area contributed by atoms with Crippen molar-refractivity contribution in [1.82, 2.24) is 19.6 Å². The number of amides is 2. The highest BCUT2D eigenvalue weighted by Gasteiger charge is 2.25. The minimum Gasteiger partial charge on any atom is -0.497 e. The Labute approximate surface area is 146 Å². The predicted octanol–water partition coefficient (Wildman–Crippen LogP) is 1.56. The summed E-state index contributed by atoms with van der Waals surface area (Å²) >= 11 is 0. The van der Waals surface area contributed by atoms with Gasteiger partial charge in [0.2, 0.25) is 0 Å². The van der Waals surface area contributed by atoms with Crippen LogP contribution in [-0.2, 0) is 13.1 Å². The molecule has 1 aliphatic heterocycles. The number of methoxy groups -OCH3 is 1. The molecule has 1 aromatic carbocycles. The lowest BCUT2D eigenvalue weighted by Crippen LogP contribution is -2.38. The summed E-state index contributed by atoms with van der Waals surface area (Å²) < 4.78 is 7.00. The number of ether oxygens (including phenoxy) is 1. The second kappa shape index (κ2) is 6.58. The number of nitrogens with zero attached hydrogens (tertiary/aromatic N) is 4. The van der Waals surface area contributed by atoms with Gasteiger partial charge in [-0.25, -0.2) is 0 Å². The van der Waals surface area contributed by atoms with E-state index in [-0.39, 0.29) is 11.8 Å². The Morgan fingerprint density at radius 3 is 2.60 bits per heavy atom. The molecule has 0 saturated carbocycles. The molecule has 3 rings (SSSR count). The molecule has 0 aliphatic carbocycles. The minimum atomic E-state index is -0.134. The Bertz CT molecular complexity index is 826. The standard InChI is InChI=1S/C18H22N4O3/c1-12-9-14(25-4)5-6-15(12)17(23)21-7-8-22-13(11-21)10-16(19-22)18(24)20(2)3/h5-6,9-10H,7-8,11H2,1-4H3. The maximum absolute atomic E-state index is 12.9. The molecule has 1 aromatic heterocycles. The SMILES string of the molecule is COc1ccc(C(=O)N2CCn3nc(C(=O)N(C)C)cc3C2)c(C)c1. The van der Waals surface area contributed by atoms with Crippen molar-refractivity contribution >= 4 is 11.8 Å². The maximum atomic E-state index is 12.9. The van der Waals surface area contributed by atoms with Crippen LogP contribution < -0.4 is 4.74 Å². The number of carbonyl (C=O) groups excluding carboxylic acids is 2. The summed E-state index contributed by atoms with van der Waals surface area (Å²) in [7, 11) is 5.00. The zero-order chi connectivity index (χ0) is 18.1. The van der Waals surface area contributed by atoms with E-state index in [1.807, 2.05) is 13.0 Å². The topological polar surface area (TPSA) is 67.7 Å². The summed E-state index contributed by atoms with van der Waals surface area (Å²) in [6.07, 6.45) is 0. The summed E-state index contributed by atoms with van der Waals surface area (Å²) in [5.41, 5.74) is 2.83. The van der Waals surface area contributed by atoms with Gasteiger partial charge in [0.1, 0.15) is 5.75 Å². The second-order valence-corrected chi connectivity index (χ2v) is 6.35. The van der Waals surface area contributed by atoms with Crippen molar-refractivity contribution < 1.29 is 14.3 Å². The fraction of sp³-hybridized carbons (Fsp3) is 0.389. The lowest BCUT2D eigenvalue weighted by molar-refractivity contribution is 0.0703. The van der Waals surface area contributed by atoms with Gasteiger partial charge in [-0.05, 0) is 36.8 Å². The third kappa shape index (κ3) is 3.22. The molecule has 25 heavy (non-hydrogen) atoms. The largest absolute Gasteiger partial charge is 0.497 e. The molecule has 1 aliphatic rings. The molecule has 0 saturated heterocycles. The van der Waals surface area contributed by atoms with E-state index in [1.54, 1.807) is 49.0 Å². The molecular weight excluding hydrogens is 320 g/mol. The van der Waals surface area contributed by atoms with Crippen LogP contribution in [0.5, 0.6) is 5.75 Å². The summed E-state index contributed by atoms with van der Waals surface area (Å²) in [5, 5.41) is 4.35. The molecule has 0 fully saturated rings. The highest BCUT2D eigenvalue weighted by Crippen LogP contribution is 2.21. The second-order valence-electron chi connectivity index (χ2n) is 6.35. The van der Waals surface area contributed by atoms with E-state index in [0.717, 1.165) is 17.0 Å². The van der Waals surface area contributed by atoms with Gasteiger partial charge in [-0.15, -0.1) is 0 Å². The molecule has 0 bridgehead atoms. The summed E-state index contributed by atoms with van der Waals surface area (Å²) in [4.78, 5) is 28.2. The number of aryl methyl sites for hydroxylation is 1. The number of hydrogen-bond acceptors (Lipinski definition) is 4. The number of fused-ring (bicyclic) bond motifs is 1. The molecule has 2 amide bonds. The quantitative estimate of drug-likeness (QED) is 0.849. The van der Waals surface area contributed by atoms with Gasteiger partial charge in [0.05, 0.1) is 25.9 Å². The van der Waals surface area contributed by atoms with Crippen molar-refractivity contribution in [3.05, 3.63) is 46.8 Å². The summed E-state index contributed by atoms with van der Waals surface area (Å²) in [6, 6.07) is 7.21. The van der Waals surface area contributed by atoms with Crippen molar-refractivity contribution in [2.45, 2.75) is 20.0 Å². The van der Waals surface area contributed by atoms with E-state index in [1.165, 1.54) is 4.90 Å². The maximum Gasteiger partial charge on any atom is 0.273 e. The molecule has 7 nitrogen and oxygen atoms in total. The van der Waals surface area contributed by atoms with Gasteiger partial charge in [0.25, 0.3) is 11.8 Å². The molecule has 0 radical (unpaired) electrons. The molecule has 2 heterocycles. The number of carbonyl (C=O) groups is 2. The first-order valence-electron chi connectivity index (χ1n) is 8.13. The van der Waals surface area contributed by atoms with Gasteiger partial charge in [-0.3, -0.25) is 14.3 Å². The summed E-state index contributed by atoms with van der Waals surface area (Å²) in [6.45, 7) is 3.49. The van der Waals surface area contributed by atoms with Crippen molar-refractivity contribution in [1.29, 1.82) is 0 Å². The van der Waals surface area contributed by atoms with E-state index in [2.05, 4.69) is 5.10 Å². The van der Waals surface area contributed by atoms with Crippen LogP contribution in [0.1, 0.15) is 32.1 Å². The first-order chi connectivity index (χ1) is 11.9.